The van der Waals surface area contributed by atoms with Gasteiger partial charge in [-0.1, -0.05) is 0 Å². The van der Waals surface area contributed by atoms with Crippen LogP contribution in [0.2, 0.25) is 0 Å². The highest BCUT2D eigenvalue weighted by atomic mass is 32.2. The predicted molar refractivity (Wildman–Crippen MR) is 77.0 cm³/mol. The first-order valence-corrected chi connectivity index (χ1v) is 7.39. The normalized spacial score (nSPS) is 12.2. The molecule has 0 aliphatic carbocycles. The molecule has 3 nitrogen and oxygen atoms in total. The Morgan fingerprint density at radius 1 is 1.50 bits per heavy atom. The first-order chi connectivity index (χ1) is 8.71. The summed E-state index contributed by atoms with van der Waals surface area (Å²) < 4.78 is 18.2. The van der Waals surface area contributed by atoms with Gasteiger partial charge in [0.2, 0.25) is 0 Å². The van der Waals surface area contributed by atoms with Gasteiger partial charge in [0, 0.05) is 24.3 Å². The van der Waals surface area contributed by atoms with Crippen molar-refractivity contribution < 1.29 is 9.13 Å². The summed E-state index contributed by atoms with van der Waals surface area (Å²) in [7, 11) is 1.46. The van der Waals surface area contributed by atoms with Crippen molar-refractivity contribution in [3.05, 3.63) is 24.0 Å². The maximum atomic E-state index is 13.3. The fraction of sp³-hybridized carbons (Fsp3) is 0.538. The Hall–Kier alpha value is -0.940. The number of benzene rings is 1. The van der Waals surface area contributed by atoms with Crippen LogP contribution in [-0.2, 0) is 0 Å². The number of rotatable bonds is 8. The highest BCUT2D eigenvalue weighted by Crippen LogP contribution is 2.22. The molecule has 18 heavy (non-hydrogen) atoms. The summed E-state index contributed by atoms with van der Waals surface area (Å²) in [4.78, 5) is 0. The summed E-state index contributed by atoms with van der Waals surface area (Å²) in [6, 6.07) is 4.98. The zero-order chi connectivity index (χ0) is 13.4. The molecule has 1 unspecified atom stereocenters. The molecule has 0 bridgehead atoms. The van der Waals surface area contributed by atoms with Gasteiger partial charge in [0.15, 0.2) is 11.6 Å². The lowest BCUT2D eigenvalue weighted by molar-refractivity contribution is 0.386. The zero-order valence-corrected chi connectivity index (χ0v) is 11.7. The number of halogens is 1. The lowest BCUT2D eigenvalue weighted by atomic mass is 10.1. The van der Waals surface area contributed by atoms with Gasteiger partial charge in [-0.2, -0.15) is 11.8 Å². The number of methoxy groups -OCH3 is 1. The molecular formula is C13H21FN2OS. The number of nitrogens with two attached hydrogens (primary N) is 1. The lowest BCUT2D eigenvalue weighted by Crippen LogP contribution is -2.28. The Balaban J connectivity index is 2.58. The van der Waals surface area contributed by atoms with Crippen LogP contribution in [0.4, 0.5) is 10.1 Å². The van der Waals surface area contributed by atoms with Crippen LogP contribution in [0, 0.1) is 5.82 Å². The Kier molecular flexibility index (Phi) is 6.90. The number of ether oxygens (including phenoxy) is 1. The van der Waals surface area contributed by atoms with Crippen molar-refractivity contribution in [1.82, 2.24) is 0 Å². The highest BCUT2D eigenvalue weighted by Gasteiger charge is 2.08. The fourth-order valence-corrected chi connectivity index (χ4v) is 2.16. The number of hydrogen-bond acceptors (Lipinski definition) is 4. The zero-order valence-electron chi connectivity index (χ0n) is 10.9. The summed E-state index contributed by atoms with van der Waals surface area (Å²) in [5.41, 5.74) is 6.57. The quantitative estimate of drug-likeness (QED) is 0.714. The van der Waals surface area contributed by atoms with E-state index in [-0.39, 0.29) is 17.6 Å². The Labute approximate surface area is 112 Å². The molecule has 0 saturated heterocycles. The molecule has 1 rings (SSSR count). The summed E-state index contributed by atoms with van der Waals surface area (Å²) in [5, 5.41) is 3.31. The van der Waals surface area contributed by atoms with Crippen molar-refractivity contribution in [3.8, 4) is 5.75 Å². The highest BCUT2D eigenvalue weighted by molar-refractivity contribution is 7.98. The van der Waals surface area contributed by atoms with E-state index in [4.69, 9.17) is 10.5 Å². The SMILES string of the molecule is COc1cc(NC(CN)CCCSC)ccc1F. The molecule has 0 amide bonds. The van der Waals surface area contributed by atoms with E-state index >= 15 is 0 Å². The van der Waals surface area contributed by atoms with E-state index < -0.39 is 0 Å². The third-order valence-electron chi connectivity index (χ3n) is 2.71. The lowest BCUT2D eigenvalue weighted by Gasteiger charge is -2.18. The van der Waals surface area contributed by atoms with Gasteiger partial charge >= 0.3 is 0 Å². The molecule has 0 spiro atoms. The van der Waals surface area contributed by atoms with Crippen molar-refractivity contribution in [1.29, 1.82) is 0 Å². The molecule has 0 saturated carbocycles. The van der Waals surface area contributed by atoms with Crippen molar-refractivity contribution in [2.75, 3.05) is 31.0 Å². The molecule has 0 aromatic heterocycles. The van der Waals surface area contributed by atoms with Crippen LogP contribution < -0.4 is 15.8 Å². The van der Waals surface area contributed by atoms with Gasteiger partial charge < -0.3 is 15.8 Å². The first-order valence-electron chi connectivity index (χ1n) is 6.00. The molecule has 1 aromatic rings. The van der Waals surface area contributed by atoms with Crippen molar-refractivity contribution >= 4 is 17.4 Å². The smallest absolute Gasteiger partial charge is 0.165 e. The summed E-state index contributed by atoms with van der Waals surface area (Å²) >= 11 is 1.83. The standard InChI is InChI=1S/C13H21FN2OS/c1-17-13-8-10(5-6-12(13)14)16-11(9-15)4-3-7-18-2/h5-6,8,11,16H,3-4,7,9,15H2,1-2H3. The maximum Gasteiger partial charge on any atom is 0.165 e. The minimum atomic E-state index is -0.352. The van der Waals surface area contributed by atoms with Gasteiger partial charge in [0.25, 0.3) is 0 Å². The minimum absolute atomic E-state index is 0.215. The average molecular weight is 272 g/mol. The van der Waals surface area contributed by atoms with Crippen LogP contribution >= 0.6 is 11.8 Å². The molecule has 0 aliphatic heterocycles. The number of thioether (sulfide) groups is 1. The van der Waals surface area contributed by atoms with E-state index in [1.807, 2.05) is 11.8 Å². The first kappa shape index (κ1) is 15.1. The summed E-state index contributed by atoms with van der Waals surface area (Å²) in [6.45, 7) is 0.564. The van der Waals surface area contributed by atoms with Crippen LogP contribution in [-0.4, -0.2) is 31.7 Å². The topological polar surface area (TPSA) is 47.3 Å². The predicted octanol–water partition coefficient (Wildman–Crippen LogP) is 2.72. The van der Waals surface area contributed by atoms with Crippen molar-refractivity contribution in [2.24, 2.45) is 5.73 Å². The average Bonchev–Trinajstić information content (AvgIpc) is 2.39. The monoisotopic (exact) mass is 272 g/mol. The third-order valence-corrected chi connectivity index (χ3v) is 3.40. The molecule has 3 N–H and O–H groups in total. The van der Waals surface area contributed by atoms with Crippen molar-refractivity contribution in [3.63, 3.8) is 0 Å². The second-order valence-electron chi connectivity index (χ2n) is 4.06. The second kappa shape index (κ2) is 8.21. The molecule has 0 fully saturated rings. The maximum absolute atomic E-state index is 13.3. The van der Waals surface area contributed by atoms with Gasteiger partial charge in [0.05, 0.1) is 7.11 Å². The largest absolute Gasteiger partial charge is 0.494 e. The Morgan fingerprint density at radius 2 is 2.28 bits per heavy atom. The van der Waals surface area contributed by atoms with Crippen molar-refractivity contribution in [2.45, 2.75) is 18.9 Å². The van der Waals surface area contributed by atoms with E-state index in [1.54, 1.807) is 12.1 Å². The minimum Gasteiger partial charge on any atom is -0.494 e. The Bertz CT molecular complexity index is 363. The van der Waals surface area contributed by atoms with Gasteiger partial charge in [-0.05, 0) is 37.0 Å². The van der Waals surface area contributed by atoms with E-state index in [2.05, 4.69) is 11.6 Å². The second-order valence-corrected chi connectivity index (χ2v) is 5.05. The van der Waals surface area contributed by atoms with Gasteiger partial charge in [0.1, 0.15) is 0 Å². The van der Waals surface area contributed by atoms with E-state index in [1.165, 1.54) is 13.2 Å². The molecule has 1 atom stereocenters. The summed E-state index contributed by atoms with van der Waals surface area (Å²) in [6.07, 6.45) is 4.22. The van der Waals surface area contributed by atoms with Gasteiger partial charge in [-0.25, -0.2) is 4.39 Å². The molecule has 0 radical (unpaired) electrons. The van der Waals surface area contributed by atoms with Crippen LogP contribution in [0.3, 0.4) is 0 Å². The molecule has 1 aromatic carbocycles. The third kappa shape index (κ3) is 4.74. The van der Waals surface area contributed by atoms with Gasteiger partial charge in [-0.15, -0.1) is 0 Å². The van der Waals surface area contributed by atoms with Crippen LogP contribution in [0.5, 0.6) is 5.75 Å². The van der Waals surface area contributed by atoms with E-state index in [0.717, 1.165) is 24.3 Å². The van der Waals surface area contributed by atoms with E-state index in [0.29, 0.717) is 6.54 Å². The van der Waals surface area contributed by atoms with Gasteiger partial charge in [-0.3, -0.25) is 0 Å². The number of nitrogens with one attached hydrogen (secondary N) is 1. The van der Waals surface area contributed by atoms with Crippen LogP contribution in [0.15, 0.2) is 18.2 Å². The fourth-order valence-electron chi connectivity index (χ4n) is 1.71. The molecule has 0 heterocycles. The Morgan fingerprint density at radius 3 is 2.89 bits per heavy atom. The van der Waals surface area contributed by atoms with Crippen LogP contribution in [0.1, 0.15) is 12.8 Å². The molecule has 0 aliphatic rings. The molecule has 102 valence electrons. The summed E-state index contributed by atoms with van der Waals surface area (Å²) in [5.74, 6) is 1.03. The molecule has 5 heteroatoms. The molecular weight excluding hydrogens is 251 g/mol. The van der Waals surface area contributed by atoms with E-state index in [9.17, 15) is 4.39 Å². The number of anilines is 1. The van der Waals surface area contributed by atoms with Crippen LogP contribution in [0.25, 0.3) is 0 Å². The number of hydrogen-bond donors (Lipinski definition) is 2.